The van der Waals surface area contributed by atoms with Crippen molar-refractivity contribution in [2.75, 3.05) is 6.61 Å². The maximum Gasteiger partial charge on any atom is 0.200 e. The van der Waals surface area contributed by atoms with Crippen LogP contribution in [0.4, 0.5) is 13.2 Å². The second kappa shape index (κ2) is 11.4. The van der Waals surface area contributed by atoms with E-state index in [1.165, 1.54) is 0 Å². The summed E-state index contributed by atoms with van der Waals surface area (Å²) in [5.41, 5.74) is 0.423. The van der Waals surface area contributed by atoms with Crippen molar-refractivity contribution in [1.82, 2.24) is 0 Å². The molecule has 152 valence electrons. The van der Waals surface area contributed by atoms with Crippen molar-refractivity contribution in [3.8, 4) is 5.75 Å². The summed E-state index contributed by atoms with van der Waals surface area (Å²) >= 11 is 0. The molecule has 4 heteroatoms. The highest BCUT2D eigenvalue weighted by atomic mass is 19.2. The number of benzene rings is 1. The number of rotatable bonds is 10. The molecule has 1 aliphatic carbocycles. The number of halogens is 3. The van der Waals surface area contributed by atoms with Crippen LogP contribution in [0.5, 0.6) is 5.75 Å². The molecule has 0 aliphatic heterocycles. The van der Waals surface area contributed by atoms with E-state index in [-0.39, 0.29) is 11.6 Å². The monoisotopic (exact) mass is 382 g/mol. The van der Waals surface area contributed by atoms with Gasteiger partial charge in [-0.3, -0.25) is 0 Å². The molecule has 0 saturated heterocycles. The summed E-state index contributed by atoms with van der Waals surface area (Å²) in [5.74, 6) is -0.787. The molecule has 0 atom stereocenters. The number of allylic oxidation sites excluding steroid dienone is 2. The molecule has 1 aromatic carbocycles. The zero-order valence-corrected chi connectivity index (χ0v) is 16.7. The highest BCUT2D eigenvalue weighted by Crippen LogP contribution is 2.34. The molecule has 27 heavy (non-hydrogen) atoms. The molecule has 2 rings (SSSR count). The van der Waals surface area contributed by atoms with Gasteiger partial charge in [0.2, 0.25) is 5.82 Å². The Labute approximate surface area is 162 Å². The number of hydrogen-bond acceptors (Lipinski definition) is 1. The Morgan fingerprint density at radius 2 is 1.81 bits per heavy atom. The Balaban J connectivity index is 1.82. The summed E-state index contributed by atoms with van der Waals surface area (Å²) in [5, 5.41) is 0. The van der Waals surface area contributed by atoms with E-state index in [0.29, 0.717) is 36.8 Å². The van der Waals surface area contributed by atoms with Crippen molar-refractivity contribution < 1.29 is 17.9 Å². The molecule has 1 aliphatic rings. The van der Waals surface area contributed by atoms with Crippen molar-refractivity contribution >= 4 is 0 Å². The minimum absolute atomic E-state index is 0.00565. The molecule has 0 spiro atoms. The van der Waals surface area contributed by atoms with Gasteiger partial charge in [0.25, 0.3) is 0 Å². The third-order valence-electron chi connectivity index (χ3n) is 5.50. The van der Waals surface area contributed by atoms with Gasteiger partial charge in [-0.1, -0.05) is 26.3 Å². The van der Waals surface area contributed by atoms with Crippen molar-refractivity contribution in [1.29, 1.82) is 0 Å². The average molecular weight is 383 g/mol. The number of aryl methyl sites for hydroxylation is 1. The van der Waals surface area contributed by atoms with Gasteiger partial charge in [0.05, 0.1) is 12.4 Å². The van der Waals surface area contributed by atoms with Crippen molar-refractivity contribution in [2.24, 2.45) is 11.8 Å². The first-order chi connectivity index (χ1) is 13.0. The van der Waals surface area contributed by atoms with Crippen LogP contribution in [-0.4, -0.2) is 6.61 Å². The van der Waals surface area contributed by atoms with Gasteiger partial charge in [-0.25, -0.2) is 8.78 Å². The second-order valence-corrected chi connectivity index (χ2v) is 7.74. The van der Waals surface area contributed by atoms with Crippen molar-refractivity contribution in [3.05, 3.63) is 41.2 Å². The van der Waals surface area contributed by atoms with E-state index in [9.17, 15) is 13.2 Å². The van der Waals surface area contributed by atoms with E-state index >= 15 is 0 Å². The molecule has 0 bridgehead atoms. The maximum atomic E-state index is 14.3. The van der Waals surface area contributed by atoms with E-state index in [1.54, 1.807) is 18.2 Å². The molecule has 1 fully saturated rings. The normalized spacial score (nSPS) is 20.7. The fraction of sp³-hybridized carbons (Fsp3) is 0.652. The minimum Gasteiger partial charge on any atom is -0.490 e. The topological polar surface area (TPSA) is 9.23 Å². The highest BCUT2D eigenvalue weighted by Gasteiger charge is 2.21. The summed E-state index contributed by atoms with van der Waals surface area (Å²) in [4.78, 5) is 0. The van der Waals surface area contributed by atoms with E-state index in [1.807, 2.05) is 13.8 Å². The van der Waals surface area contributed by atoms with Gasteiger partial charge >= 0.3 is 0 Å². The molecule has 0 N–H and O–H groups in total. The van der Waals surface area contributed by atoms with Gasteiger partial charge in [-0.2, -0.15) is 4.39 Å². The molecule has 0 unspecified atom stereocenters. The SMILES string of the molecule is CCCCOc1ccc(CCC2CCC(C=C(F)CCC)CC2)c(F)c1F. The van der Waals surface area contributed by atoms with Crippen LogP contribution >= 0.6 is 0 Å². The van der Waals surface area contributed by atoms with Gasteiger partial charge in [-0.05, 0) is 87.3 Å². The highest BCUT2D eigenvalue weighted by molar-refractivity contribution is 5.31. The fourth-order valence-corrected chi connectivity index (χ4v) is 3.78. The Morgan fingerprint density at radius 1 is 1.07 bits per heavy atom. The van der Waals surface area contributed by atoms with Crippen LogP contribution in [0.3, 0.4) is 0 Å². The molecule has 1 saturated carbocycles. The lowest BCUT2D eigenvalue weighted by molar-refractivity contribution is 0.285. The molecular formula is C23H33F3O. The van der Waals surface area contributed by atoms with Gasteiger partial charge in [0, 0.05) is 0 Å². The lowest BCUT2D eigenvalue weighted by Crippen LogP contribution is -2.14. The van der Waals surface area contributed by atoms with Crippen LogP contribution < -0.4 is 4.74 Å². The van der Waals surface area contributed by atoms with E-state index in [2.05, 4.69) is 0 Å². The van der Waals surface area contributed by atoms with Gasteiger partial charge < -0.3 is 4.74 Å². The van der Waals surface area contributed by atoms with Crippen LogP contribution in [0.1, 0.15) is 77.2 Å². The second-order valence-electron chi connectivity index (χ2n) is 7.74. The van der Waals surface area contributed by atoms with Crippen LogP contribution in [0.2, 0.25) is 0 Å². The molecule has 0 heterocycles. The Bertz CT molecular complexity index is 604. The summed E-state index contributed by atoms with van der Waals surface area (Å²) in [6, 6.07) is 3.19. The van der Waals surface area contributed by atoms with Gasteiger partial charge in [0.1, 0.15) is 0 Å². The smallest absolute Gasteiger partial charge is 0.200 e. The zero-order valence-electron chi connectivity index (χ0n) is 16.7. The van der Waals surface area contributed by atoms with E-state index in [4.69, 9.17) is 4.74 Å². The molecule has 0 aromatic heterocycles. The molecule has 0 radical (unpaired) electrons. The van der Waals surface area contributed by atoms with Crippen LogP contribution in [0.25, 0.3) is 0 Å². The van der Waals surface area contributed by atoms with Crippen LogP contribution in [-0.2, 0) is 6.42 Å². The van der Waals surface area contributed by atoms with E-state index in [0.717, 1.165) is 51.4 Å². The minimum atomic E-state index is -0.871. The lowest BCUT2D eigenvalue weighted by atomic mass is 9.79. The summed E-state index contributed by atoms with van der Waals surface area (Å²) in [6.07, 6.45) is 10.4. The first kappa shape index (κ1) is 21.8. The van der Waals surface area contributed by atoms with Crippen LogP contribution in [0, 0.1) is 23.5 Å². The number of hydrogen-bond donors (Lipinski definition) is 0. The van der Waals surface area contributed by atoms with Crippen molar-refractivity contribution in [3.63, 3.8) is 0 Å². The Hall–Kier alpha value is -1.45. The Kier molecular flexibility index (Phi) is 9.23. The molecule has 0 amide bonds. The van der Waals surface area contributed by atoms with E-state index < -0.39 is 11.6 Å². The summed E-state index contributed by atoms with van der Waals surface area (Å²) in [6.45, 7) is 4.41. The standard InChI is InChI=1S/C23H33F3O/c1-3-5-15-27-21-14-13-19(22(25)23(21)26)12-11-17-7-9-18(10-8-17)16-20(24)6-4-2/h13-14,16-18H,3-12,15H2,1-2H3. The van der Waals surface area contributed by atoms with Crippen LogP contribution in [0.15, 0.2) is 24.0 Å². The molecule has 1 nitrogen and oxygen atoms in total. The molecule has 1 aromatic rings. The predicted octanol–water partition coefficient (Wildman–Crippen LogP) is 7.54. The lowest BCUT2D eigenvalue weighted by Gasteiger charge is -2.27. The first-order valence-corrected chi connectivity index (χ1v) is 10.5. The fourth-order valence-electron chi connectivity index (χ4n) is 3.78. The third-order valence-corrected chi connectivity index (χ3v) is 5.50. The largest absolute Gasteiger partial charge is 0.490 e. The third kappa shape index (κ3) is 6.90. The quantitative estimate of drug-likeness (QED) is 0.380. The number of ether oxygens (including phenoxy) is 1. The summed E-state index contributed by atoms with van der Waals surface area (Å²) in [7, 11) is 0. The maximum absolute atomic E-state index is 14.3. The zero-order chi connectivity index (χ0) is 19.6. The Morgan fingerprint density at radius 3 is 2.48 bits per heavy atom. The summed E-state index contributed by atoms with van der Waals surface area (Å²) < 4.78 is 47.4. The van der Waals surface area contributed by atoms with Gasteiger partial charge in [0.15, 0.2) is 11.6 Å². The first-order valence-electron chi connectivity index (χ1n) is 10.5. The predicted molar refractivity (Wildman–Crippen MR) is 105 cm³/mol. The molecular weight excluding hydrogens is 349 g/mol. The van der Waals surface area contributed by atoms with Crippen molar-refractivity contribution in [2.45, 2.75) is 78.1 Å². The van der Waals surface area contributed by atoms with Gasteiger partial charge in [-0.15, -0.1) is 0 Å². The number of unbranched alkanes of at least 4 members (excludes halogenated alkanes) is 1. The average Bonchev–Trinajstić information content (AvgIpc) is 2.66.